The number of aromatic nitrogens is 2. The molecule has 1 aliphatic rings. The molecule has 0 aliphatic carbocycles. The van der Waals surface area contributed by atoms with Gasteiger partial charge in [0.05, 0.1) is 11.8 Å². The van der Waals surface area contributed by atoms with E-state index >= 15 is 0 Å². The Labute approximate surface area is 90.6 Å². The van der Waals surface area contributed by atoms with Crippen molar-refractivity contribution < 1.29 is 4.74 Å². The fraction of sp³-hybridized carbons (Fsp3) is 0.727. The van der Waals surface area contributed by atoms with Crippen LogP contribution in [0.4, 0.5) is 0 Å². The van der Waals surface area contributed by atoms with Crippen molar-refractivity contribution in [2.24, 2.45) is 0 Å². The van der Waals surface area contributed by atoms with E-state index in [-0.39, 0.29) is 0 Å². The number of aryl methyl sites for hydroxylation is 1. The SMILES string of the molecule is CCn1nccc1CNCC1CCCO1. The van der Waals surface area contributed by atoms with E-state index < -0.39 is 0 Å². The molecule has 0 radical (unpaired) electrons. The van der Waals surface area contributed by atoms with Crippen molar-refractivity contribution in [1.82, 2.24) is 15.1 Å². The van der Waals surface area contributed by atoms with E-state index in [2.05, 4.69) is 23.4 Å². The third-order valence-corrected chi connectivity index (χ3v) is 2.81. The van der Waals surface area contributed by atoms with Gasteiger partial charge in [0.1, 0.15) is 0 Å². The monoisotopic (exact) mass is 209 g/mol. The number of nitrogens with zero attached hydrogens (tertiary/aromatic N) is 2. The highest BCUT2D eigenvalue weighted by molar-refractivity contribution is 4.99. The molecule has 0 amide bonds. The van der Waals surface area contributed by atoms with Crippen LogP contribution in [-0.4, -0.2) is 29.0 Å². The first-order chi connectivity index (χ1) is 7.40. The standard InChI is InChI=1S/C11H19N3O/c1-2-14-10(5-6-13-14)8-12-9-11-4-3-7-15-11/h5-6,11-12H,2-4,7-9H2,1H3. The molecule has 1 fully saturated rings. The van der Waals surface area contributed by atoms with E-state index in [0.717, 1.165) is 26.2 Å². The first-order valence-electron chi connectivity index (χ1n) is 5.73. The minimum absolute atomic E-state index is 0.419. The van der Waals surface area contributed by atoms with E-state index in [9.17, 15) is 0 Å². The number of ether oxygens (including phenoxy) is 1. The predicted molar refractivity (Wildman–Crippen MR) is 58.6 cm³/mol. The predicted octanol–water partition coefficient (Wildman–Crippen LogP) is 1.17. The van der Waals surface area contributed by atoms with Crippen molar-refractivity contribution in [1.29, 1.82) is 0 Å². The summed E-state index contributed by atoms with van der Waals surface area (Å²) in [6.45, 7) is 5.81. The van der Waals surface area contributed by atoms with Crippen molar-refractivity contribution >= 4 is 0 Å². The van der Waals surface area contributed by atoms with Gasteiger partial charge in [-0.1, -0.05) is 0 Å². The summed E-state index contributed by atoms with van der Waals surface area (Å²) in [6.07, 6.45) is 4.68. The third kappa shape index (κ3) is 2.79. The summed E-state index contributed by atoms with van der Waals surface area (Å²) in [5, 5.41) is 7.65. The zero-order valence-electron chi connectivity index (χ0n) is 9.28. The van der Waals surface area contributed by atoms with E-state index in [4.69, 9.17) is 4.74 Å². The lowest BCUT2D eigenvalue weighted by Gasteiger charge is -2.11. The van der Waals surface area contributed by atoms with Crippen LogP contribution in [0.1, 0.15) is 25.5 Å². The lowest BCUT2D eigenvalue weighted by atomic mass is 10.2. The van der Waals surface area contributed by atoms with Crippen molar-refractivity contribution in [3.05, 3.63) is 18.0 Å². The Kier molecular flexibility index (Phi) is 3.75. The smallest absolute Gasteiger partial charge is 0.0700 e. The maximum atomic E-state index is 5.54. The molecule has 0 saturated carbocycles. The molecule has 1 unspecified atom stereocenters. The average Bonchev–Trinajstić information content (AvgIpc) is 2.88. The van der Waals surface area contributed by atoms with Gasteiger partial charge in [0.25, 0.3) is 0 Å². The van der Waals surface area contributed by atoms with Gasteiger partial charge in [0.15, 0.2) is 0 Å². The molecule has 2 heterocycles. The minimum atomic E-state index is 0.419. The molecule has 1 N–H and O–H groups in total. The molecule has 4 nitrogen and oxygen atoms in total. The Hall–Kier alpha value is -0.870. The normalized spacial score (nSPS) is 21.0. The topological polar surface area (TPSA) is 39.1 Å². The molecule has 2 rings (SSSR count). The molecule has 1 atom stereocenters. The molecule has 0 bridgehead atoms. The highest BCUT2D eigenvalue weighted by atomic mass is 16.5. The Morgan fingerprint density at radius 3 is 3.33 bits per heavy atom. The lowest BCUT2D eigenvalue weighted by Crippen LogP contribution is -2.26. The molecular weight excluding hydrogens is 190 g/mol. The van der Waals surface area contributed by atoms with E-state index in [1.165, 1.54) is 18.5 Å². The van der Waals surface area contributed by atoms with Crippen molar-refractivity contribution in [2.75, 3.05) is 13.2 Å². The van der Waals surface area contributed by atoms with Crippen molar-refractivity contribution in [3.8, 4) is 0 Å². The summed E-state index contributed by atoms with van der Waals surface area (Å²) in [4.78, 5) is 0. The summed E-state index contributed by atoms with van der Waals surface area (Å²) in [7, 11) is 0. The lowest BCUT2D eigenvalue weighted by molar-refractivity contribution is 0.110. The number of rotatable bonds is 5. The molecule has 84 valence electrons. The first kappa shape index (κ1) is 10.6. The Balaban J connectivity index is 1.73. The second-order valence-electron chi connectivity index (χ2n) is 3.90. The maximum Gasteiger partial charge on any atom is 0.0700 e. The summed E-state index contributed by atoms with van der Waals surface area (Å²) in [5.74, 6) is 0. The van der Waals surface area contributed by atoms with Gasteiger partial charge < -0.3 is 10.1 Å². The van der Waals surface area contributed by atoms with E-state index in [0.29, 0.717) is 6.10 Å². The van der Waals surface area contributed by atoms with Crippen LogP contribution < -0.4 is 5.32 Å². The highest BCUT2D eigenvalue weighted by Crippen LogP contribution is 2.10. The molecular formula is C11H19N3O. The Morgan fingerprint density at radius 2 is 2.60 bits per heavy atom. The molecule has 0 aromatic carbocycles. The molecule has 1 aliphatic heterocycles. The van der Waals surface area contributed by atoms with Crippen molar-refractivity contribution in [3.63, 3.8) is 0 Å². The van der Waals surface area contributed by atoms with Crippen LogP contribution in [-0.2, 0) is 17.8 Å². The van der Waals surface area contributed by atoms with Crippen LogP contribution >= 0.6 is 0 Å². The van der Waals surface area contributed by atoms with Crippen LogP contribution in [0.25, 0.3) is 0 Å². The average molecular weight is 209 g/mol. The fourth-order valence-corrected chi connectivity index (χ4v) is 1.96. The fourth-order valence-electron chi connectivity index (χ4n) is 1.96. The zero-order valence-corrected chi connectivity index (χ0v) is 9.28. The van der Waals surface area contributed by atoms with E-state index in [1.54, 1.807) is 0 Å². The van der Waals surface area contributed by atoms with Crippen LogP contribution in [0, 0.1) is 0 Å². The maximum absolute atomic E-state index is 5.54. The Bertz CT molecular complexity index is 292. The second kappa shape index (κ2) is 5.28. The third-order valence-electron chi connectivity index (χ3n) is 2.81. The summed E-state index contributed by atoms with van der Waals surface area (Å²) in [6, 6.07) is 2.06. The van der Waals surface area contributed by atoms with Crippen molar-refractivity contribution in [2.45, 2.75) is 39.0 Å². The van der Waals surface area contributed by atoms with Gasteiger partial charge in [0.2, 0.25) is 0 Å². The van der Waals surface area contributed by atoms with Gasteiger partial charge in [-0.05, 0) is 25.8 Å². The van der Waals surface area contributed by atoms with Gasteiger partial charge in [-0.25, -0.2) is 0 Å². The number of nitrogens with one attached hydrogen (secondary N) is 1. The second-order valence-corrected chi connectivity index (χ2v) is 3.90. The molecule has 0 spiro atoms. The van der Waals surface area contributed by atoms with Gasteiger partial charge in [-0.3, -0.25) is 4.68 Å². The van der Waals surface area contributed by atoms with Gasteiger partial charge in [-0.15, -0.1) is 0 Å². The van der Waals surface area contributed by atoms with Crippen LogP contribution in [0.5, 0.6) is 0 Å². The van der Waals surface area contributed by atoms with Gasteiger partial charge in [-0.2, -0.15) is 5.10 Å². The van der Waals surface area contributed by atoms with E-state index in [1.807, 2.05) is 10.9 Å². The quantitative estimate of drug-likeness (QED) is 0.791. The molecule has 1 aromatic heterocycles. The Morgan fingerprint density at radius 1 is 1.67 bits per heavy atom. The number of hydrogen-bond acceptors (Lipinski definition) is 3. The highest BCUT2D eigenvalue weighted by Gasteiger charge is 2.14. The van der Waals surface area contributed by atoms with Crippen LogP contribution in [0.3, 0.4) is 0 Å². The largest absolute Gasteiger partial charge is 0.377 e. The molecule has 1 saturated heterocycles. The minimum Gasteiger partial charge on any atom is -0.377 e. The molecule has 4 heteroatoms. The summed E-state index contributed by atoms with van der Waals surface area (Å²) in [5.41, 5.74) is 1.25. The first-order valence-corrected chi connectivity index (χ1v) is 5.73. The number of hydrogen-bond donors (Lipinski definition) is 1. The van der Waals surface area contributed by atoms with Gasteiger partial charge >= 0.3 is 0 Å². The summed E-state index contributed by atoms with van der Waals surface area (Å²) < 4.78 is 7.56. The van der Waals surface area contributed by atoms with Crippen LogP contribution in [0.15, 0.2) is 12.3 Å². The van der Waals surface area contributed by atoms with Gasteiger partial charge in [0, 0.05) is 32.4 Å². The van der Waals surface area contributed by atoms with Crippen LogP contribution in [0.2, 0.25) is 0 Å². The zero-order chi connectivity index (χ0) is 10.5. The molecule has 15 heavy (non-hydrogen) atoms. The molecule has 1 aromatic rings. The summed E-state index contributed by atoms with van der Waals surface area (Å²) >= 11 is 0.